The Labute approximate surface area is 171 Å². The van der Waals surface area contributed by atoms with Crippen LogP contribution in [0.4, 0.5) is 0 Å². The van der Waals surface area contributed by atoms with Crippen LogP contribution in [-0.2, 0) is 12.8 Å². The minimum Gasteiger partial charge on any atom is -0.494 e. The average molecular weight is 378 g/mol. The molecule has 1 aliphatic carbocycles. The summed E-state index contributed by atoms with van der Waals surface area (Å²) in [5.74, 6) is 1.81. The number of rotatable bonds is 10. The number of aromatic nitrogens is 1. The lowest BCUT2D eigenvalue weighted by molar-refractivity contribution is 0.309. The zero-order valence-corrected chi connectivity index (χ0v) is 17.6. The predicted octanol–water partition coefficient (Wildman–Crippen LogP) is 7.12. The summed E-state index contributed by atoms with van der Waals surface area (Å²) >= 11 is 0. The second-order valence-corrected chi connectivity index (χ2v) is 8.05. The van der Waals surface area contributed by atoms with Crippen LogP contribution >= 0.6 is 0 Å². The van der Waals surface area contributed by atoms with E-state index in [2.05, 4.69) is 50.3 Å². The number of pyridine rings is 1. The predicted molar refractivity (Wildman–Crippen MR) is 120 cm³/mol. The van der Waals surface area contributed by atoms with E-state index in [1.165, 1.54) is 55.3 Å². The second kappa shape index (κ2) is 11.0. The number of nitrogens with zero attached hydrogens (tertiary/aromatic N) is 1. The lowest BCUT2D eigenvalue weighted by Gasteiger charge is -2.24. The lowest BCUT2D eigenvalue weighted by atomic mass is 9.83. The quantitative estimate of drug-likeness (QED) is 0.411. The standard InChI is InChI=1S/C26H35NO/c1-3-5-7-8-22-12-18-26-23(20-22)13-15-24(27-26)14-9-21-10-16-25(17-11-21)28-19-6-4-2/h9-11,13-17,22H,3-8,12,18-20H2,1-2H3. The molecule has 2 aromatic rings. The summed E-state index contributed by atoms with van der Waals surface area (Å²) < 4.78 is 5.73. The van der Waals surface area contributed by atoms with E-state index >= 15 is 0 Å². The van der Waals surface area contributed by atoms with E-state index in [0.29, 0.717) is 0 Å². The van der Waals surface area contributed by atoms with Gasteiger partial charge in [0.2, 0.25) is 0 Å². The number of hydrogen-bond acceptors (Lipinski definition) is 2. The fourth-order valence-electron chi connectivity index (χ4n) is 3.92. The lowest BCUT2D eigenvalue weighted by Crippen LogP contribution is -2.15. The number of fused-ring (bicyclic) bond motifs is 1. The van der Waals surface area contributed by atoms with Crippen LogP contribution in [0, 0.1) is 5.92 Å². The molecule has 0 amide bonds. The first-order valence-corrected chi connectivity index (χ1v) is 11.2. The van der Waals surface area contributed by atoms with Crippen LogP contribution in [0.3, 0.4) is 0 Å². The Morgan fingerprint density at radius 2 is 1.79 bits per heavy atom. The highest BCUT2D eigenvalue weighted by Gasteiger charge is 2.19. The molecule has 0 N–H and O–H groups in total. The van der Waals surface area contributed by atoms with Gasteiger partial charge in [-0.1, -0.05) is 70.2 Å². The highest BCUT2D eigenvalue weighted by Crippen LogP contribution is 2.28. The van der Waals surface area contributed by atoms with Gasteiger partial charge in [0.05, 0.1) is 12.3 Å². The first kappa shape index (κ1) is 20.6. The number of ether oxygens (including phenoxy) is 1. The van der Waals surface area contributed by atoms with Gasteiger partial charge in [-0.3, -0.25) is 4.98 Å². The number of aryl methyl sites for hydroxylation is 1. The molecule has 1 heterocycles. The van der Waals surface area contributed by atoms with Gasteiger partial charge in [0.15, 0.2) is 0 Å². The molecule has 0 saturated carbocycles. The van der Waals surface area contributed by atoms with Gasteiger partial charge in [-0.05, 0) is 67.0 Å². The summed E-state index contributed by atoms with van der Waals surface area (Å²) in [6.45, 7) is 5.26. The highest BCUT2D eigenvalue weighted by atomic mass is 16.5. The average Bonchev–Trinajstić information content (AvgIpc) is 2.73. The van der Waals surface area contributed by atoms with Gasteiger partial charge in [-0.25, -0.2) is 0 Å². The van der Waals surface area contributed by atoms with Crippen molar-refractivity contribution >= 4 is 12.2 Å². The van der Waals surface area contributed by atoms with E-state index in [0.717, 1.165) is 43.2 Å². The summed E-state index contributed by atoms with van der Waals surface area (Å²) in [5, 5.41) is 0. The van der Waals surface area contributed by atoms with Crippen molar-refractivity contribution in [1.29, 1.82) is 0 Å². The SMILES string of the molecule is CCCCCC1CCc2nc(C=Cc3ccc(OCCCC)cc3)ccc2C1. The monoisotopic (exact) mass is 377 g/mol. The molecule has 1 aromatic carbocycles. The maximum absolute atomic E-state index is 5.73. The van der Waals surface area contributed by atoms with E-state index in [1.54, 1.807) is 0 Å². The first-order chi connectivity index (χ1) is 13.8. The van der Waals surface area contributed by atoms with Crippen molar-refractivity contribution < 1.29 is 4.74 Å². The van der Waals surface area contributed by atoms with E-state index in [-0.39, 0.29) is 0 Å². The number of hydrogen-bond donors (Lipinski definition) is 0. The summed E-state index contributed by atoms with van der Waals surface area (Å²) in [5.41, 5.74) is 5.02. The molecule has 0 radical (unpaired) electrons. The van der Waals surface area contributed by atoms with Gasteiger partial charge >= 0.3 is 0 Å². The number of benzene rings is 1. The molecule has 28 heavy (non-hydrogen) atoms. The molecular formula is C26H35NO. The summed E-state index contributed by atoms with van der Waals surface area (Å²) in [4.78, 5) is 4.92. The van der Waals surface area contributed by atoms with Crippen molar-refractivity contribution in [1.82, 2.24) is 4.98 Å². The highest BCUT2D eigenvalue weighted by molar-refractivity contribution is 5.68. The molecule has 0 fully saturated rings. The largest absolute Gasteiger partial charge is 0.494 e. The van der Waals surface area contributed by atoms with E-state index in [1.807, 2.05) is 12.1 Å². The minimum absolute atomic E-state index is 0.796. The zero-order valence-electron chi connectivity index (χ0n) is 17.6. The van der Waals surface area contributed by atoms with Crippen molar-refractivity contribution in [2.45, 2.75) is 71.6 Å². The Hall–Kier alpha value is -2.09. The molecular weight excluding hydrogens is 342 g/mol. The summed E-state index contributed by atoms with van der Waals surface area (Å²) in [7, 11) is 0. The van der Waals surface area contributed by atoms with E-state index in [4.69, 9.17) is 9.72 Å². The van der Waals surface area contributed by atoms with Crippen molar-refractivity contribution in [3.63, 3.8) is 0 Å². The fraction of sp³-hybridized carbons (Fsp3) is 0.500. The molecule has 1 aliphatic rings. The Morgan fingerprint density at radius 3 is 2.57 bits per heavy atom. The third-order valence-electron chi connectivity index (χ3n) is 5.70. The van der Waals surface area contributed by atoms with E-state index < -0.39 is 0 Å². The third-order valence-corrected chi connectivity index (χ3v) is 5.70. The first-order valence-electron chi connectivity index (χ1n) is 11.2. The molecule has 1 atom stereocenters. The molecule has 0 bridgehead atoms. The maximum atomic E-state index is 5.73. The molecule has 2 heteroatoms. The Bertz CT molecular complexity index is 748. The summed E-state index contributed by atoms with van der Waals surface area (Å²) in [6.07, 6.45) is 15.6. The fourth-order valence-corrected chi connectivity index (χ4v) is 3.92. The van der Waals surface area contributed by atoms with Crippen LogP contribution in [0.2, 0.25) is 0 Å². The second-order valence-electron chi connectivity index (χ2n) is 8.05. The number of unbranched alkanes of at least 4 members (excludes halogenated alkanes) is 3. The van der Waals surface area contributed by atoms with Crippen LogP contribution in [0.5, 0.6) is 5.75 Å². The Balaban J connectivity index is 1.55. The van der Waals surface area contributed by atoms with Gasteiger partial charge in [0.25, 0.3) is 0 Å². The Kier molecular flexibility index (Phi) is 8.14. The molecule has 150 valence electrons. The van der Waals surface area contributed by atoms with Gasteiger partial charge < -0.3 is 4.74 Å². The van der Waals surface area contributed by atoms with Gasteiger partial charge in [-0.2, -0.15) is 0 Å². The van der Waals surface area contributed by atoms with Crippen LogP contribution in [0.1, 0.15) is 81.3 Å². The molecule has 2 nitrogen and oxygen atoms in total. The molecule has 0 aliphatic heterocycles. The van der Waals surface area contributed by atoms with Crippen molar-refractivity contribution in [3.05, 3.63) is 58.9 Å². The van der Waals surface area contributed by atoms with Crippen LogP contribution in [-0.4, -0.2) is 11.6 Å². The zero-order chi connectivity index (χ0) is 19.6. The molecule has 0 spiro atoms. The molecule has 3 rings (SSSR count). The van der Waals surface area contributed by atoms with Crippen molar-refractivity contribution in [2.24, 2.45) is 5.92 Å². The van der Waals surface area contributed by atoms with Crippen molar-refractivity contribution in [3.8, 4) is 5.75 Å². The maximum Gasteiger partial charge on any atom is 0.119 e. The van der Waals surface area contributed by atoms with Crippen molar-refractivity contribution in [2.75, 3.05) is 6.61 Å². The van der Waals surface area contributed by atoms with Gasteiger partial charge in [0, 0.05) is 5.69 Å². The smallest absolute Gasteiger partial charge is 0.119 e. The molecule has 0 saturated heterocycles. The van der Waals surface area contributed by atoms with Crippen LogP contribution in [0.15, 0.2) is 36.4 Å². The minimum atomic E-state index is 0.796. The van der Waals surface area contributed by atoms with Gasteiger partial charge in [-0.15, -0.1) is 0 Å². The molecule has 1 unspecified atom stereocenters. The summed E-state index contributed by atoms with van der Waals surface area (Å²) in [6, 6.07) is 12.8. The molecule has 1 aromatic heterocycles. The van der Waals surface area contributed by atoms with Gasteiger partial charge in [0.1, 0.15) is 5.75 Å². The van der Waals surface area contributed by atoms with E-state index in [9.17, 15) is 0 Å². The topological polar surface area (TPSA) is 22.1 Å². The third kappa shape index (κ3) is 6.22. The van der Waals surface area contributed by atoms with Crippen LogP contribution in [0.25, 0.3) is 12.2 Å². The Morgan fingerprint density at radius 1 is 0.964 bits per heavy atom. The normalized spacial score (nSPS) is 16.3. The van der Waals surface area contributed by atoms with Crippen LogP contribution < -0.4 is 4.74 Å².